The second kappa shape index (κ2) is 7.79. The van der Waals surface area contributed by atoms with Crippen LogP contribution in [0.4, 0.5) is 21.9 Å². The number of nitrogens with zero attached hydrogens (tertiary/aromatic N) is 1. The maximum atomic E-state index is 12.9. The molecule has 0 aliphatic rings. The highest BCUT2D eigenvalue weighted by molar-refractivity contribution is 6.42. The smallest absolute Gasteiger partial charge is 0.307 e. The Hall–Kier alpha value is -2.20. The van der Waals surface area contributed by atoms with Crippen molar-refractivity contribution < 1.29 is 4.79 Å². The third-order valence-corrected chi connectivity index (χ3v) is 4.47. The van der Waals surface area contributed by atoms with Gasteiger partial charge in [0.1, 0.15) is 0 Å². The molecule has 3 rings (SSSR count). The van der Waals surface area contributed by atoms with Crippen LogP contribution >= 0.6 is 34.8 Å². The van der Waals surface area contributed by atoms with Gasteiger partial charge in [-0.2, -0.15) is 0 Å². The van der Waals surface area contributed by atoms with Crippen molar-refractivity contribution in [3.05, 3.63) is 87.9 Å². The summed E-state index contributed by atoms with van der Waals surface area (Å²) in [5, 5.41) is 4.24. The molecule has 3 nitrogen and oxygen atoms in total. The summed E-state index contributed by atoms with van der Waals surface area (Å²) in [7, 11) is 0. The minimum absolute atomic E-state index is 0.327. The number of amides is 2. The molecule has 3 aromatic rings. The maximum Gasteiger partial charge on any atom is 0.330 e. The van der Waals surface area contributed by atoms with Crippen molar-refractivity contribution in [1.29, 1.82) is 0 Å². The number of urea groups is 1. The molecule has 0 aliphatic heterocycles. The number of para-hydroxylation sites is 1. The summed E-state index contributed by atoms with van der Waals surface area (Å²) in [5.74, 6) is 0. The van der Waals surface area contributed by atoms with Gasteiger partial charge in [0.15, 0.2) is 0 Å². The third kappa shape index (κ3) is 4.26. The monoisotopic (exact) mass is 390 g/mol. The van der Waals surface area contributed by atoms with E-state index in [2.05, 4.69) is 5.32 Å². The summed E-state index contributed by atoms with van der Waals surface area (Å²) >= 11 is 18.1. The highest BCUT2D eigenvalue weighted by atomic mass is 35.5. The molecule has 3 aromatic carbocycles. The number of halogens is 3. The van der Waals surface area contributed by atoms with Gasteiger partial charge >= 0.3 is 6.03 Å². The second-order valence-electron chi connectivity index (χ2n) is 5.21. The third-order valence-electron chi connectivity index (χ3n) is 3.47. The number of hydrogen-bond acceptors (Lipinski definition) is 1. The van der Waals surface area contributed by atoms with Crippen molar-refractivity contribution in [1.82, 2.24) is 0 Å². The molecule has 2 amide bonds. The molecular formula is C19H13Cl3N2O. The van der Waals surface area contributed by atoms with Crippen molar-refractivity contribution in [3.63, 3.8) is 0 Å². The number of rotatable bonds is 3. The molecule has 25 heavy (non-hydrogen) atoms. The SMILES string of the molecule is O=C(Nc1ccccc1)N(c1ccc(Cl)cc1)c1ccc(Cl)c(Cl)c1. The minimum atomic E-state index is -0.327. The van der Waals surface area contributed by atoms with Crippen LogP contribution in [-0.2, 0) is 0 Å². The summed E-state index contributed by atoms with van der Waals surface area (Å²) < 4.78 is 0. The van der Waals surface area contributed by atoms with E-state index in [4.69, 9.17) is 34.8 Å². The van der Waals surface area contributed by atoms with Crippen molar-refractivity contribution in [2.45, 2.75) is 0 Å². The molecule has 1 N–H and O–H groups in total. The fourth-order valence-corrected chi connectivity index (χ4v) is 2.72. The molecule has 0 heterocycles. The molecule has 126 valence electrons. The summed E-state index contributed by atoms with van der Waals surface area (Å²) in [6.45, 7) is 0. The molecule has 0 bridgehead atoms. The van der Waals surface area contributed by atoms with Gasteiger partial charge in [0.2, 0.25) is 0 Å². The highest BCUT2D eigenvalue weighted by Gasteiger charge is 2.19. The quantitative estimate of drug-likeness (QED) is 0.511. The van der Waals surface area contributed by atoms with Crippen molar-refractivity contribution in [2.24, 2.45) is 0 Å². The van der Waals surface area contributed by atoms with E-state index in [-0.39, 0.29) is 6.03 Å². The Morgan fingerprint density at radius 1 is 0.760 bits per heavy atom. The first-order chi connectivity index (χ1) is 12.0. The lowest BCUT2D eigenvalue weighted by atomic mass is 10.2. The van der Waals surface area contributed by atoms with Crippen LogP contribution in [0.3, 0.4) is 0 Å². The van der Waals surface area contributed by atoms with Crippen molar-refractivity contribution in [3.8, 4) is 0 Å². The van der Waals surface area contributed by atoms with Crippen LogP contribution in [0.1, 0.15) is 0 Å². The van der Waals surface area contributed by atoms with E-state index in [0.717, 1.165) is 0 Å². The van der Waals surface area contributed by atoms with Gasteiger partial charge in [-0.3, -0.25) is 4.90 Å². The fourth-order valence-electron chi connectivity index (χ4n) is 2.30. The Kier molecular flexibility index (Phi) is 5.49. The Bertz CT molecular complexity index is 883. The lowest BCUT2D eigenvalue weighted by Crippen LogP contribution is -2.30. The molecular weight excluding hydrogens is 379 g/mol. The average molecular weight is 392 g/mol. The van der Waals surface area contributed by atoms with Crippen molar-refractivity contribution in [2.75, 3.05) is 10.2 Å². The number of hydrogen-bond donors (Lipinski definition) is 1. The molecule has 0 saturated carbocycles. The Labute approximate surface area is 160 Å². The van der Waals surface area contributed by atoms with E-state index in [0.29, 0.717) is 32.1 Å². The Morgan fingerprint density at radius 3 is 2.04 bits per heavy atom. The van der Waals surface area contributed by atoms with E-state index >= 15 is 0 Å². The zero-order valence-electron chi connectivity index (χ0n) is 12.9. The van der Waals surface area contributed by atoms with Gasteiger partial charge < -0.3 is 5.32 Å². The van der Waals surface area contributed by atoms with Gasteiger partial charge in [0, 0.05) is 10.7 Å². The second-order valence-corrected chi connectivity index (χ2v) is 6.46. The van der Waals surface area contributed by atoms with E-state index in [1.54, 1.807) is 42.5 Å². The molecule has 0 spiro atoms. The normalized spacial score (nSPS) is 10.4. The van der Waals surface area contributed by atoms with E-state index in [1.807, 2.05) is 30.3 Å². The number of anilines is 3. The maximum absolute atomic E-state index is 12.9. The molecule has 0 aliphatic carbocycles. The summed E-state index contributed by atoms with van der Waals surface area (Å²) in [6.07, 6.45) is 0. The van der Waals surface area contributed by atoms with Crippen LogP contribution < -0.4 is 10.2 Å². The minimum Gasteiger partial charge on any atom is -0.307 e. The zero-order chi connectivity index (χ0) is 17.8. The van der Waals surface area contributed by atoms with E-state index in [9.17, 15) is 4.79 Å². The molecule has 0 aromatic heterocycles. The van der Waals surface area contributed by atoms with Gasteiger partial charge in [-0.1, -0.05) is 53.0 Å². The predicted octanol–water partition coefficient (Wildman–Crippen LogP) is 7.02. The Balaban J connectivity index is 2.00. The van der Waals surface area contributed by atoms with Crippen molar-refractivity contribution >= 4 is 57.9 Å². The fraction of sp³-hybridized carbons (Fsp3) is 0. The highest BCUT2D eigenvalue weighted by Crippen LogP contribution is 2.32. The van der Waals surface area contributed by atoms with Gasteiger partial charge in [0.25, 0.3) is 0 Å². The summed E-state index contributed by atoms with van der Waals surface area (Å²) in [6, 6.07) is 20.9. The molecule has 0 saturated heterocycles. The average Bonchev–Trinajstić information content (AvgIpc) is 2.61. The largest absolute Gasteiger partial charge is 0.330 e. The van der Waals surface area contributed by atoms with Gasteiger partial charge in [-0.05, 0) is 54.6 Å². The number of carbonyl (C=O) groups is 1. The van der Waals surface area contributed by atoms with Gasteiger partial charge in [-0.15, -0.1) is 0 Å². The van der Waals surface area contributed by atoms with Crippen LogP contribution in [-0.4, -0.2) is 6.03 Å². The topological polar surface area (TPSA) is 32.3 Å². The molecule has 0 unspecified atom stereocenters. The van der Waals surface area contributed by atoms with Crippen LogP contribution in [0.15, 0.2) is 72.8 Å². The van der Waals surface area contributed by atoms with E-state index < -0.39 is 0 Å². The first-order valence-corrected chi connectivity index (χ1v) is 8.55. The first-order valence-electron chi connectivity index (χ1n) is 7.41. The Morgan fingerprint density at radius 2 is 1.40 bits per heavy atom. The number of benzene rings is 3. The zero-order valence-corrected chi connectivity index (χ0v) is 15.2. The first kappa shape index (κ1) is 17.6. The summed E-state index contributed by atoms with van der Waals surface area (Å²) in [5.41, 5.74) is 1.92. The number of nitrogens with one attached hydrogen (secondary N) is 1. The van der Waals surface area contributed by atoms with Crippen LogP contribution in [0.2, 0.25) is 15.1 Å². The lowest BCUT2D eigenvalue weighted by Gasteiger charge is -2.24. The van der Waals surface area contributed by atoms with Crippen LogP contribution in [0, 0.1) is 0 Å². The van der Waals surface area contributed by atoms with Gasteiger partial charge in [0.05, 0.1) is 21.4 Å². The van der Waals surface area contributed by atoms with Crippen LogP contribution in [0.5, 0.6) is 0 Å². The summed E-state index contributed by atoms with van der Waals surface area (Å²) in [4.78, 5) is 14.4. The molecule has 6 heteroatoms. The molecule has 0 atom stereocenters. The van der Waals surface area contributed by atoms with Gasteiger partial charge in [-0.25, -0.2) is 4.79 Å². The standard InChI is InChI=1S/C19H13Cl3N2O/c20-13-6-8-15(9-7-13)24(16-10-11-17(21)18(22)12-16)19(25)23-14-4-2-1-3-5-14/h1-12H,(H,23,25). The molecule has 0 fully saturated rings. The lowest BCUT2D eigenvalue weighted by molar-refractivity contribution is 0.259. The molecule has 0 radical (unpaired) electrons. The van der Waals surface area contributed by atoms with E-state index in [1.165, 1.54) is 4.90 Å². The number of carbonyl (C=O) groups excluding carboxylic acids is 1. The van der Waals surface area contributed by atoms with Crippen LogP contribution in [0.25, 0.3) is 0 Å². The predicted molar refractivity (Wildman–Crippen MR) is 106 cm³/mol.